The van der Waals surface area contributed by atoms with Gasteiger partial charge in [-0.3, -0.25) is 10.0 Å². The molecule has 1 fully saturated rings. The predicted octanol–water partition coefficient (Wildman–Crippen LogP) is 3.26. The molecule has 2 N–H and O–H groups in total. The number of halogens is 2. The number of benzene rings is 1. The molecule has 0 saturated carbocycles. The third-order valence-corrected chi connectivity index (χ3v) is 5.39. The molecule has 1 aliphatic heterocycles. The molecular formula is C21H19F2N3O5. The molecule has 0 unspecified atom stereocenters. The van der Waals surface area contributed by atoms with Crippen LogP contribution in [-0.4, -0.2) is 41.4 Å². The summed E-state index contributed by atoms with van der Waals surface area (Å²) in [7, 11) is 1.47. The number of nitrogens with zero attached hydrogens (tertiary/aromatic N) is 2. The number of aromatic nitrogens is 2. The highest BCUT2D eigenvalue weighted by Crippen LogP contribution is 2.40. The average Bonchev–Trinajstić information content (AvgIpc) is 2.80. The Morgan fingerprint density at radius 2 is 1.94 bits per heavy atom. The largest absolute Gasteiger partial charge is 0.481 e. The summed E-state index contributed by atoms with van der Waals surface area (Å²) in [5.41, 5.74) is 0.268. The Bertz CT molecular complexity index is 1140. The molecule has 3 aromatic rings. The molecule has 8 nitrogen and oxygen atoms in total. The van der Waals surface area contributed by atoms with Gasteiger partial charge in [0.15, 0.2) is 17.2 Å². The summed E-state index contributed by atoms with van der Waals surface area (Å²) in [5, 5.41) is 9.64. The number of hydrogen-bond acceptors (Lipinski definition) is 7. The summed E-state index contributed by atoms with van der Waals surface area (Å²) in [6.07, 6.45) is 1.62. The lowest BCUT2D eigenvalue weighted by molar-refractivity contribution is -0.139. The number of carbonyl (C=O) groups is 1. The van der Waals surface area contributed by atoms with Crippen molar-refractivity contribution in [3.8, 4) is 17.4 Å². The number of hydroxylamine groups is 1. The molecule has 0 bridgehead atoms. The van der Waals surface area contributed by atoms with Crippen molar-refractivity contribution in [3.05, 3.63) is 53.7 Å². The first-order valence-electron chi connectivity index (χ1n) is 9.48. The second kappa shape index (κ2) is 8.40. The fourth-order valence-electron chi connectivity index (χ4n) is 3.73. The molecule has 31 heavy (non-hydrogen) atoms. The van der Waals surface area contributed by atoms with Crippen molar-refractivity contribution in [2.24, 2.45) is 0 Å². The summed E-state index contributed by atoms with van der Waals surface area (Å²) >= 11 is 0. The molecule has 4 rings (SSSR count). The van der Waals surface area contributed by atoms with Gasteiger partial charge in [0.1, 0.15) is 11.6 Å². The smallest absolute Gasteiger partial charge is 0.254 e. The van der Waals surface area contributed by atoms with Crippen LogP contribution in [0.15, 0.2) is 36.5 Å². The van der Waals surface area contributed by atoms with Crippen molar-refractivity contribution in [2.45, 2.75) is 18.3 Å². The molecule has 2 aromatic heterocycles. The summed E-state index contributed by atoms with van der Waals surface area (Å²) in [5.74, 6) is -2.30. The van der Waals surface area contributed by atoms with Crippen LogP contribution in [0.4, 0.5) is 8.78 Å². The van der Waals surface area contributed by atoms with Crippen LogP contribution in [0.3, 0.4) is 0 Å². The molecule has 1 amide bonds. The molecule has 0 radical (unpaired) electrons. The molecule has 1 saturated heterocycles. The SMILES string of the molecule is COc1ccc2c(Oc3cc(F)c(C4(C(=O)NO)CCOCC4)cc3F)ccnc2n1. The number of ether oxygens (including phenoxy) is 3. The van der Waals surface area contributed by atoms with E-state index in [1.165, 1.54) is 19.4 Å². The zero-order chi connectivity index (χ0) is 22.0. The van der Waals surface area contributed by atoms with Crippen LogP contribution in [0.1, 0.15) is 18.4 Å². The molecular weight excluding hydrogens is 412 g/mol. The van der Waals surface area contributed by atoms with E-state index in [9.17, 15) is 9.18 Å². The second-order valence-corrected chi connectivity index (χ2v) is 7.03. The maximum absolute atomic E-state index is 15.1. The molecule has 162 valence electrons. The molecule has 0 atom stereocenters. The quantitative estimate of drug-likeness (QED) is 0.472. The normalized spacial score (nSPS) is 15.5. The van der Waals surface area contributed by atoms with Gasteiger partial charge in [-0.05, 0) is 31.0 Å². The lowest BCUT2D eigenvalue weighted by Crippen LogP contribution is -2.47. The topological polar surface area (TPSA) is 103 Å². The van der Waals surface area contributed by atoms with Crippen molar-refractivity contribution in [3.63, 3.8) is 0 Å². The van der Waals surface area contributed by atoms with E-state index in [0.717, 1.165) is 12.1 Å². The summed E-state index contributed by atoms with van der Waals surface area (Å²) in [4.78, 5) is 20.7. The minimum atomic E-state index is -1.44. The van der Waals surface area contributed by atoms with E-state index >= 15 is 4.39 Å². The van der Waals surface area contributed by atoms with Crippen molar-refractivity contribution in [1.29, 1.82) is 0 Å². The van der Waals surface area contributed by atoms with Gasteiger partial charge in [-0.1, -0.05) is 0 Å². The van der Waals surface area contributed by atoms with Gasteiger partial charge in [0.2, 0.25) is 5.88 Å². The third-order valence-electron chi connectivity index (χ3n) is 5.39. The lowest BCUT2D eigenvalue weighted by Gasteiger charge is -2.35. The number of rotatable bonds is 5. The maximum atomic E-state index is 15.1. The van der Waals surface area contributed by atoms with Crippen LogP contribution in [0.5, 0.6) is 17.4 Å². The summed E-state index contributed by atoms with van der Waals surface area (Å²) in [6, 6.07) is 6.56. The maximum Gasteiger partial charge on any atom is 0.254 e. The molecule has 0 aliphatic carbocycles. The minimum Gasteiger partial charge on any atom is -0.481 e. The van der Waals surface area contributed by atoms with Gasteiger partial charge < -0.3 is 14.2 Å². The molecule has 0 spiro atoms. The second-order valence-electron chi connectivity index (χ2n) is 7.03. The van der Waals surface area contributed by atoms with Crippen molar-refractivity contribution in [1.82, 2.24) is 15.4 Å². The number of carbonyl (C=O) groups excluding carboxylic acids is 1. The standard InChI is InChI=1S/C21H19F2N3O5/c1-29-18-3-2-12-16(4-7-24-19(12)25-18)31-17-11-14(22)13(10-15(17)23)21(20(27)26-28)5-8-30-9-6-21/h2-4,7,10-11,28H,5-6,8-9H2,1H3,(H,26,27). The first-order chi connectivity index (χ1) is 15.0. The first kappa shape index (κ1) is 20.9. The Morgan fingerprint density at radius 1 is 1.16 bits per heavy atom. The number of nitrogens with one attached hydrogen (secondary N) is 1. The van der Waals surface area contributed by atoms with Gasteiger partial charge in [0.25, 0.3) is 5.91 Å². The van der Waals surface area contributed by atoms with Crippen LogP contribution < -0.4 is 15.0 Å². The van der Waals surface area contributed by atoms with Crippen molar-refractivity contribution < 1.29 is 33.0 Å². The Morgan fingerprint density at radius 3 is 2.65 bits per heavy atom. The molecule has 3 heterocycles. The van der Waals surface area contributed by atoms with E-state index in [4.69, 9.17) is 19.4 Å². The Labute approximate surface area is 175 Å². The zero-order valence-corrected chi connectivity index (χ0v) is 16.5. The average molecular weight is 431 g/mol. The van der Waals surface area contributed by atoms with Crippen LogP contribution >= 0.6 is 0 Å². The van der Waals surface area contributed by atoms with E-state index in [1.807, 2.05) is 0 Å². The van der Waals surface area contributed by atoms with E-state index in [-0.39, 0.29) is 43.1 Å². The number of hydrogen-bond donors (Lipinski definition) is 2. The lowest BCUT2D eigenvalue weighted by atomic mass is 9.73. The molecule has 10 heteroatoms. The van der Waals surface area contributed by atoms with E-state index in [0.29, 0.717) is 16.9 Å². The highest BCUT2D eigenvalue weighted by Gasteiger charge is 2.44. The molecule has 1 aliphatic rings. The van der Waals surface area contributed by atoms with Crippen LogP contribution in [0, 0.1) is 11.6 Å². The molecule has 1 aromatic carbocycles. The number of pyridine rings is 2. The van der Waals surface area contributed by atoms with Gasteiger partial charge in [0, 0.05) is 37.1 Å². The number of methoxy groups -OCH3 is 1. The van der Waals surface area contributed by atoms with E-state index in [1.54, 1.807) is 17.6 Å². The number of amides is 1. The van der Waals surface area contributed by atoms with Gasteiger partial charge in [-0.25, -0.2) is 19.2 Å². The third kappa shape index (κ3) is 3.75. The fraction of sp³-hybridized carbons (Fsp3) is 0.286. The predicted molar refractivity (Wildman–Crippen MR) is 104 cm³/mol. The van der Waals surface area contributed by atoms with Gasteiger partial charge >= 0.3 is 0 Å². The highest BCUT2D eigenvalue weighted by atomic mass is 19.1. The number of fused-ring (bicyclic) bond motifs is 1. The monoisotopic (exact) mass is 431 g/mol. The van der Waals surface area contributed by atoms with E-state index in [2.05, 4.69) is 9.97 Å². The van der Waals surface area contributed by atoms with Gasteiger partial charge in [-0.2, -0.15) is 4.98 Å². The van der Waals surface area contributed by atoms with Crippen LogP contribution in [0.25, 0.3) is 11.0 Å². The Hall–Kier alpha value is -3.37. The van der Waals surface area contributed by atoms with Crippen LogP contribution in [-0.2, 0) is 14.9 Å². The van der Waals surface area contributed by atoms with E-state index < -0.39 is 23.0 Å². The Kier molecular flexibility index (Phi) is 5.66. The van der Waals surface area contributed by atoms with Crippen molar-refractivity contribution >= 4 is 16.9 Å². The van der Waals surface area contributed by atoms with Crippen LogP contribution in [0.2, 0.25) is 0 Å². The van der Waals surface area contributed by atoms with Crippen molar-refractivity contribution in [2.75, 3.05) is 20.3 Å². The summed E-state index contributed by atoms with van der Waals surface area (Å²) < 4.78 is 46.0. The highest BCUT2D eigenvalue weighted by molar-refractivity contribution is 5.87. The minimum absolute atomic E-state index is 0.0957. The van der Waals surface area contributed by atoms with Gasteiger partial charge in [-0.15, -0.1) is 0 Å². The van der Waals surface area contributed by atoms with Gasteiger partial charge in [0.05, 0.1) is 17.9 Å². The Balaban J connectivity index is 1.73. The first-order valence-corrected chi connectivity index (χ1v) is 9.48. The summed E-state index contributed by atoms with van der Waals surface area (Å²) in [6.45, 7) is 0.346. The fourth-order valence-corrected chi connectivity index (χ4v) is 3.73. The zero-order valence-electron chi connectivity index (χ0n) is 16.5.